The molecule has 0 spiro atoms. The quantitative estimate of drug-likeness (QED) is 0.464. The molecule has 0 fully saturated rings. The van der Waals surface area contributed by atoms with Gasteiger partial charge in [-0.2, -0.15) is 5.26 Å². The van der Waals surface area contributed by atoms with E-state index in [1.807, 2.05) is 54.6 Å². The topological polar surface area (TPSA) is 129 Å². The van der Waals surface area contributed by atoms with Gasteiger partial charge in [0.05, 0.1) is 6.07 Å². The van der Waals surface area contributed by atoms with E-state index in [9.17, 15) is 19.5 Å². The number of hydrogen-bond donors (Lipinski definition) is 3. The van der Waals surface area contributed by atoms with Gasteiger partial charge < -0.3 is 20.5 Å². The number of nitrogens with zero attached hydrogens (tertiary/aromatic N) is 1. The van der Waals surface area contributed by atoms with Crippen molar-refractivity contribution < 1.29 is 24.2 Å². The van der Waals surface area contributed by atoms with E-state index < -0.39 is 35.5 Å². The molecule has 0 saturated carbocycles. The minimum atomic E-state index is -1.16. The highest BCUT2D eigenvalue weighted by Gasteiger charge is 2.35. The summed E-state index contributed by atoms with van der Waals surface area (Å²) >= 11 is 0. The van der Waals surface area contributed by atoms with Gasteiger partial charge >= 0.3 is 12.1 Å². The Kier molecular flexibility index (Phi) is 8.13. The molecule has 8 heteroatoms. The summed E-state index contributed by atoms with van der Waals surface area (Å²) in [4.78, 5) is 37.3. The molecule has 0 saturated heterocycles. The number of aliphatic carboxylic acids is 1. The van der Waals surface area contributed by atoms with E-state index in [0.29, 0.717) is 6.42 Å². The normalized spacial score (nSPS) is 14.1. The molecule has 3 rings (SSSR count). The second-order valence-electron chi connectivity index (χ2n) is 9.72. The molecule has 0 heterocycles. The Morgan fingerprint density at radius 3 is 2.11 bits per heavy atom. The fraction of sp³-hybridized carbons (Fsp3) is 0.407. The van der Waals surface area contributed by atoms with Gasteiger partial charge in [-0.15, -0.1) is 0 Å². The summed E-state index contributed by atoms with van der Waals surface area (Å²) in [5.41, 5.74) is 3.61. The van der Waals surface area contributed by atoms with Crippen molar-refractivity contribution >= 4 is 18.0 Å². The molecule has 0 aliphatic heterocycles. The molecule has 2 atom stereocenters. The number of fused-ring (bicyclic) bond motifs is 3. The van der Waals surface area contributed by atoms with Crippen molar-refractivity contribution in [3.63, 3.8) is 0 Å². The standard InChI is InChI=1S/C27H31N3O5/c1-27(2,3)23(25(32)33)30-24(31)22(14-8-9-15-28)29-26(34)35-16-21-19-12-6-4-10-17(19)18-11-5-7-13-20(18)21/h4-7,10-13,21-23H,8-9,14,16H2,1-3H3,(H,29,34)(H,30,31)(H,32,33)/t22?,23-/m1/s1. The predicted octanol–water partition coefficient (Wildman–Crippen LogP) is 4.20. The van der Waals surface area contributed by atoms with Crippen LogP contribution in [0, 0.1) is 16.7 Å². The van der Waals surface area contributed by atoms with Gasteiger partial charge in [0, 0.05) is 12.3 Å². The predicted molar refractivity (Wildman–Crippen MR) is 130 cm³/mol. The molecule has 2 amide bonds. The largest absolute Gasteiger partial charge is 0.480 e. The van der Waals surface area contributed by atoms with Gasteiger partial charge in [0.1, 0.15) is 18.7 Å². The van der Waals surface area contributed by atoms with Gasteiger partial charge in [-0.1, -0.05) is 69.3 Å². The first-order chi connectivity index (χ1) is 16.6. The zero-order chi connectivity index (χ0) is 25.6. The molecule has 0 radical (unpaired) electrons. The van der Waals surface area contributed by atoms with E-state index in [2.05, 4.69) is 10.6 Å². The molecular weight excluding hydrogens is 446 g/mol. The van der Waals surface area contributed by atoms with Crippen LogP contribution in [0.1, 0.15) is 57.1 Å². The zero-order valence-electron chi connectivity index (χ0n) is 20.2. The molecule has 1 unspecified atom stereocenters. The maximum absolute atomic E-state index is 12.9. The number of nitriles is 1. The molecule has 1 aliphatic carbocycles. The van der Waals surface area contributed by atoms with E-state index >= 15 is 0 Å². The molecule has 184 valence electrons. The summed E-state index contributed by atoms with van der Waals surface area (Å²) in [6, 6.07) is 15.8. The maximum atomic E-state index is 12.9. The van der Waals surface area contributed by atoms with Crippen LogP contribution in [0.3, 0.4) is 0 Å². The highest BCUT2D eigenvalue weighted by atomic mass is 16.5. The molecule has 2 aromatic carbocycles. The van der Waals surface area contributed by atoms with Crippen LogP contribution >= 0.6 is 0 Å². The van der Waals surface area contributed by atoms with Gasteiger partial charge in [0.2, 0.25) is 5.91 Å². The molecule has 2 aromatic rings. The summed E-state index contributed by atoms with van der Waals surface area (Å²) in [6.07, 6.45) is -0.0183. The lowest BCUT2D eigenvalue weighted by atomic mass is 9.86. The number of nitrogens with one attached hydrogen (secondary N) is 2. The van der Waals surface area contributed by atoms with Crippen LogP contribution in [0.15, 0.2) is 48.5 Å². The van der Waals surface area contributed by atoms with E-state index in [1.54, 1.807) is 20.8 Å². The van der Waals surface area contributed by atoms with E-state index in [1.165, 1.54) is 0 Å². The first-order valence-electron chi connectivity index (χ1n) is 11.6. The first-order valence-corrected chi connectivity index (χ1v) is 11.6. The number of alkyl carbamates (subject to hydrolysis) is 1. The number of carboxylic acids is 1. The molecular formula is C27H31N3O5. The third kappa shape index (κ3) is 6.18. The number of unbranched alkanes of at least 4 members (excludes halogenated alkanes) is 1. The highest BCUT2D eigenvalue weighted by Crippen LogP contribution is 2.44. The lowest BCUT2D eigenvalue weighted by molar-refractivity contribution is -0.145. The zero-order valence-corrected chi connectivity index (χ0v) is 20.2. The minimum Gasteiger partial charge on any atom is -0.480 e. The Morgan fingerprint density at radius 2 is 1.60 bits per heavy atom. The van der Waals surface area contributed by atoms with E-state index in [4.69, 9.17) is 10.00 Å². The first kappa shape index (κ1) is 25.8. The van der Waals surface area contributed by atoms with Crippen molar-refractivity contribution in [2.45, 2.75) is 58.0 Å². The molecule has 1 aliphatic rings. The molecule has 3 N–H and O–H groups in total. The second kappa shape index (κ2) is 11.0. The lowest BCUT2D eigenvalue weighted by Gasteiger charge is -2.29. The highest BCUT2D eigenvalue weighted by molar-refractivity contribution is 5.89. The Morgan fingerprint density at radius 1 is 1.03 bits per heavy atom. The van der Waals surface area contributed by atoms with Crippen molar-refractivity contribution in [3.8, 4) is 17.2 Å². The average molecular weight is 478 g/mol. The Balaban J connectivity index is 1.69. The number of benzene rings is 2. The smallest absolute Gasteiger partial charge is 0.407 e. The summed E-state index contributed by atoms with van der Waals surface area (Å²) < 4.78 is 5.53. The van der Waals surface area contributed by atoms with Gasteiger partial charge in [0.25, 0.3) is 0 Å². The van der Waals surface area contributed by atoms with Gasteiger partial charge in [-0.3, -0.25) is 4.79 Å². The Labute approximate surface area is 205 Å². The maximum Gasteiger partial charge on any atom is 0.407 e. The van der Waals surface area contributed by atoms with Crippen LogP contribution in [0.5, 0.6) is 0 Å². The summed E-state index contributed by atoms with van der Waals surface area (Å²) in [5.74, 6) is -1.92. The minimum absolute atomic E-state index is 0.0894. The number of amides is 2. The molecule has 0 aromatic heterocycles. The van der Waals surface area contributed by atoms with E-state index in [-0.39, 0.29) is 25.4 Å². The summed E-state index contributed by atoms with van der Waals surface area (Å²) in [6.45, 7) is 5.20. The van der Waals surface area contributed by atoms with Crippen molar-refractivity contribution in [3.05, 3.63) is 59.7 Å². The number of carbonyl (C=O) groups excluding carboxylic acids is 2. The van der Waals surface area contributed by atoms with Crippen molar-refractivity contribution in [2.24, 2.45) is 5.41 Å². The third-order valence-corrected chi connectivity index (χ3v) is 6.13. The fourth-order valence-corrected chi connectivity index (χ4v) is 4.33. The average Bonchev–Trinajstić information content (AvgIpc) is 3.13. The number of ether oxygens (including phenoxy) is 1. The van der Waals surface area contributed by atoms with Crippen LogP contribution in [-0.2, 0) is 14.3 Å². The monoisotopic (exact) mass is 477 g/mol. The molecule has 0 bridgehead atoms. The summed E-state index contributed by atoms with van der Waals surface area (Å²) in [7, 11) is 0. The third-order valence-electron chi connectivity index (χ3n) is 6.13. The van der Waals surface area contributed by atoms with Crippen LogP contribution < -0.4 is 10.6 Å². The van der Waals surface area contributed by atoms with Crippen LogP contribution in [0.2, 0.25) is 0 Å². The fourth-order valence-electron chi connectivity index (χ4n) is 4.33. The van der Waals surface area contributed by atoms with Crippen LogP contribution in [0.4, 0.5) is 4.79 Å². The SMILES string of the molecule is CC(C)(C)[C@H](NC(=O)C(CCCC#N)NC(=O)OCC1c2ccccc2-c2ccccc21)C(=O)O. The second-order valence-corrected chi connectivity index (χ2v) is 9.72. The van der Waals surface area contributed by atoms with Gasteiger partial charge in [-0.25, -0.2) is 9.59 Å². The van der Waals surface area contributed by atoms with Gasteiger partial charge in [-0.05, 0) is 40.5 Å². The number of hydrogen-bond acceptors (Lipinski definition) is 5. The number of rotatable bonds is 9. The summed E-state index contributed by atoms with van der Waals surface area (Å²) in [5, 5.41) is 23.5. The molecule has 35 heavy (non-hydrogen) atoms. The Hall–Kier alpha value is -3.86. The van der Waals surface area contributed by atoms with Gasteiger partial charge in [0.15, 0.2) is 0 Å². The molecule has 8 nitrogen and oxygen atoms in total. The van der Waals surface area contributed by atoms with Crippen molar-refractivity contribution in [1.82, 2.24) is 10.6 Å². The van der Waals surface area contributed by atoms with Crippen molar-refractivity contribution in [2.75, 3.05) is 6.61 Å². The van der Waals surface area contributed by atoms with Crippen molar-refractivity contribution in [1.29, 1.82) is 5.26 Å². The van der Waals surface area contributed by atoms with Crippen LogP contribution in [0.25, 0.3) is 11.1 Å². The Bertz CT molecular complexity index is 1090. The number of carboxylic acid groups (broad SMARTS) is 1. The lowest BCUT2D eigenvalue weighted by Crippen LogP contribution is -2.55. The number of carbonyl (C=O) groups is 3. The van der Waals surface area contributed by atoms with E-state index in [0.717, 1.165) is 22.3 Å². The van der Waals surface area contributed by atoms with Crippen LogP contribution in [-0.4, -0.2) is 41.8 Å².